The molecule has 102 valence electrons. The molecule has 0 N–H and O–H groups in total. The minimum absolute atomic E-state index is 0.0125. The molecule has 1 fully saturated rings. The molecule has 0 radical (unpaired) electrons. The van der Waals surface area contributed by atoms with Gasteiger partial charge in [0.25, 0.3) is 10.0 Å². The molecule has 0 spiro atoms. The third-order valence-electron chi connectivity index (χ3n) is 3.38. The highest BCUT2D eigenvalue weighted by Crippen LogP contribution is 2.28. The molecule has 0 aromatic carbocycles. The van der Waals surface area contributed by atoms with Crippen molar-refractivity contribution in [2.24, 2.45) is 0 Å². The van der Waals surface area contributed by atoms with Gasteiger partial charge >= 0.3 is 0 Å². The molecule has 0 amide bonds. The van der Waals surface area contributed by atoms with Crippen molar-refractivity contribution in [1.82, 2.24) is 4.31 Å². The van der Waals surface area contributed by atoms with Crippen LogP contribution in [-0.2, 0) is 15.9 Å². The molecule has 2 heterocycles. The highest BCUT2D eigenvalue weighted by atomic mass is 35.5. The maximum absolute atomic E-state index is 12.5. The second-order valence-electron chi connectivity index (χ2n) is 4.53. The van der Waals surface area contributed by atoms with Crippen LogP contribution in [0.2, 0.25) is 0 Å². The standard InChI is InChI=1S/C12H18ClNO3S/c1-2-10-5-3-4-8-14(10)18(15,16)12-7-6-11(9-13)17-12/h6-7,10H,2-5,8-9H2,1H3. The number of alkyl halides is 1. The van der Waals surface area contributed by atoms with Crippen LogP contribution in [0.4, 0.5) is 0 Å². The lowest BCUT2D eigenvalue weighted by Gasteiger charge is -2.33. The monoisotopic (exact) mass is 291 g/mol. The quantitative estimate of drug-likeness (QED) is 0.801. The fourth-order valence-corrected chi connectivity index (χ4v) is 4.23. The van der Waals surface area contributed by atoms with E-state index in [9.17, 15) is 8.42 Å². The number of hydrogen-bond donors (Lipinski definition) is 0. The van der Waals surface area contributed by atoms with E-state index in [0.717, 1.165) is 25.7 Å². The highest BCUT2D eigenvalue weighted by Gasteiger charge is 2.34. The molecule has 6 heteroatoms. The smallest absolute Gasteiger partial charge is 0.276 e. The zero-order valence-corrected chi connectivity index (χ0v) is 12.0. The SMILES string of the molecule is CCC1CCCCN1S(=O)(=O)c1ccc(CCl)o1. The molecule has 1 aromatic heterocycles. The van der Waals surface area contributed by atoms with Gasteiger partial charge in [0.2, 0.25) is 5.09 Å². The normalized spacial score (nSPS) is 22.2. The maximum atomic E-state index is 12.5. The molecule has 1 unspecified atom stereocenters. The number of halogens is 1. The number of rotatable bonds is 4. The van der Waals surface area contributed by atoms with Crippen molar-refractivity contribution in [2.75, 3.05) is 6.54 Å². The van der Waals surface area contributed by atoms with Crippen LogP contribution in [0.5, 0.6) is 0 Å². The first kappa shape index (κ1) is 13.9. The van der Waals surface area contributed by atoms with E-state index >= 15 is 0 Å². The number of piperidine rings is 1. The number of furan rings is 1. The van der Waals surface area contributed by atoms with Crippen molar-refractivity contribution >= 4 is 21.6 Å². The minimum Gasteiger partial charge on any atom is -0.447 e. The van der Waals surface area contributed by atoms with Crippen LogP contribution in [0.1, 0.15) is 38.4 Å². The fraction of sp³-hybridized carbons (Fsp3) is 0.667. The zero-order chi connectivity index (χ0) is 13.2. The van der Waals surface area contributed by atoms with E-state index < -0.39 is 10.0 Å². The first-order valence-corrected chi connectivity index (χ1v) is 8.23. The summed E-state index contributed by atoms with van der Waals surface area (Å²) in [5, 5.41) is 0.0125. The molecule has 1 aromatic rings. The van der Waals surface area contributed by atoms with E-state index in [2.05, 4.69) is 0 Å². The average Bonchev–Trinajstić information content (AvgIpc) is 2.88. The van der Waals surface area contributed by atoms with Crippen LogP contribution in [-0.4, -0.2) is 25.3 Å². The van der Waals surface area contributed by atoms with E-state index in [1.54, 1.807) is 10.4 Å². The van der Waals surface area contributed by atoms with Gasteiger partial charge in [-0.1, -0.05) is 13.3 Å². The van der Waals surface area contributed by atoms with Crippen molar-refractivity contribution in [3.05, 3.63) is 17.9 Å². The van der Waals surface area contributed by atoms with Gasteiger partial charge < -0.3 is 4.42 Å². The Labute approximate surface area is 113 Å². The molecule has 1 saturated heterocycles. The Morgan fingerprint density at radius 3 is 2.83 bits per heavy atom. The van der Waals surface area contributed by atoms with Gasteiger partial charge in [-0.05, 0) is 31.4 Å². The molecular weight excluding hydrogens is 274 g/mol. The second kappa shape index (κ2) is 5.63. The van der Waals surface area contributed by atoms with Gasteiger partial charge in [0.05, 0.1) is 5.88 Å². The molecule has 18 heavy (non-hydrogen) atoms. The first-order chi connectivity index (χ1) is 8.59. The van der Waals surface area contributed by atoms with E-state index in [-0.39, 0.29) is 17.0 Å². The van der Waals surface area contributed by atoms with Gasteiger partial charge in [-0.3, -0.25) is 0 Å². The van der Waals surface area contributed by atoms with Crippen molar-refractivity contribution in [1.29, 1.82) is 0 Å². The number of hydrogen-bond acceptors (Lipinski definition) is 3. The molecule has 0 bridgehead atoms. The summed E-state index contributed by atoms with van der Waals surface area (Å²) in [6, 6.07) is 3.20. The Morgan fingerprint density at radius 2 is 2.22 bits per heavy atom. The number of sulfonamides is 1. The molecule has 1 atom stereocenters. The number of nitrogens with zero attached hydrogens (tertiary/aromatic N) is 1. The molecule has 2 rings (SSSR count). The first-order valence-electron chi connectivity index (χ1n) is 6.26. The summed E-state index contributed by atoms with van der Waals surface area (Å²) in [5.41, 5.74) is 0. The molecule has 1 aliphatic rings. The fourth-order valence-electron chi connectivity index (χ4n) is 2.38. The Morgan fingerprint density at radius 1 is 1.44 bits per heavy atom. The van der Waals surface area contributed by atoms with E-state index in [0.29, 0.717) is 12.3 Å². The lowest BCUT2D eigenvalue weighted by Crippen LogP contribution is -2.43. The summed E-state index contributed by atoms with van der Waals surface area (Å²) in [4.78, 5) is 0. The van der Waals surface area contributed by atoms with Crippen molar-refractivity contribution < 1.29 is 12.8 Å². The molecule has 0 aliphatic carbocycles. The van der Waals surface area contributed by atoms with E-state index in [1.165, 1.54) is 6.07 Å². The van der Waals surface area contributed by atoms with Crippen LogP contribution >= 0.6 is 11.6 Å². The maximum Gasteiger partial charge on any atom is 0.276 e. The molecule has 1 aliphatic heterocycles. The summed E-state index contributed by atoms with van der Waals surface area (Å²) >= 11 is 5.63. The largest absolute Gasteiger partial charge is 0.447 e. The summed E-state index contributed by atoms with van der Waals surface area (Å²) < 4.78 is 31.8. The third-order valence-corrected chi connectivity index (χ3v) is 5.47. The van der Waals surface area contributed by atoms with Gasteiger partial charge in [-0.15, -0.1) is 11.6 Å². The van der Waals surface area contributed by atoms with Crippen LogP contribution in [0, 0.1) is 0 Å². The predicted octanol–water partition coefficient (Wildman–Crippen LogP) is 2.97. The third kappa shape index (κ3) is 2.58. The van der Waals surface area contributed by atoms with Crippen molar-refractivity contribution in [3.63, 3.8) is 0 Å². The topological polar surface area (TPSA) is 50.5 Å². The summed E-state index contributed by atoms with van der Waals surface area (Å²) in [6.07, 6.45) is 3.77. The van der Waals surface area contributed by atoms with Gasteiger partial charge in [0.1, 0.15) is 5.76 Å². The lowest BCUT2D eigenvalue weighted by molar-refractivity contribution is 0.240. The average molecular weight is 292 g/mol. The Balaban J connectivity index is 2.28. The Bertz CT molecular complexity index is 497. The van der Waals surface area contributed by atoms with Crippen LogP contribution < -0.4 is 0 Å². The van der Waals surface area contributed by atoms with Crippen LogP contribution in [0.3, 0.4) is 0 Å². The van der Waals surface area contributed by atoms with Gasteiger partial charge in [0.15, 0.2) is 0 Å². The Kier molecular flexibility index (Phi) is 4.35. The predicted molar refractivity (Wildman–Crippen MR) is 70.1 cm³/mol. The molecule has 4 nitrogen and oxygen atoms in total. The van der Waals surface area contributed by atoms with Crippen molar-refractivity contribution in [2.45, 2.75) is 49.6 Å². The van der Waals surface area contributed by atoms with Gasteiger partial charge in [-0.2, -0.15) is 4.31 Å². The lowest BCUT2D eigenvalue weighted by atomic mass is 10.0. The minimum atomic E-state index is -3.50. The van der Waals surface area contributed by atoms with E-state index in [4.69, 9.17) is 16.0 Å². The zero-order valence-electron chi connectivity index (χ0n) is 10.4. The van der Waals surface area contributed by atoms with Crippen molar-refractivity contribution in [3.8, 4) is 0 Å². The van der Waals surface area contributed by atoms with Gasteiger partial charge in [0, 0.05) is 12.6 Å². The van der Waals surface area contributed by atoms with Crippen LogP contribution in [0.15, 0.2) is 21.6 Å². The van der Waals surface area contributed by atoms with Crippen LogP contribution in [0.25, 0.3) is 0 Å². The Hall–Kier alpha value is -0.520. The highest BCUT2D eigenvalue weighted by molar-refractivity contribution is 7.89. The summed E-state index contributed by atoms with van der Waals surface area (Å²) in [5.74, 6) is 0.674. The summed E-state index contributed by atoms with van der Waals surface area (Å²) in [6.45, 7) is 2.60. The molecule has 0 saturated carbocycles. The van der Waals surface area contributed by atoms with Gasteiger partial charge in [-0.25, -0.2) is 8.42 Å². The van der Waals surface area contributed by atoms with E-state index in [1.807, 2.05) is 6.92 Å². The second-order valence-corrected chi connectivity index (χ2v) is 6.62. The summed E-state index contributed by atoms with van der Waals surface area (Å²) in [7, 11) is -3.50. The molecular formula is C12H18ClNO3S.